The van der Waals surface area contributed by atoms with Gasteiger partial charge in [0.2, 0.25) is 5.91 Å². The van der Waals surface area contributed by atoms with E-state index in [0.717, 1.165) is 39.0 Å². The van der Waals surface area contributed by atoms with Crippen LogP contribution >= 0.6 is 11.3 Å². The van der Waals surface area contributed by atoms with E-state index in [2.05, 4.69) is 23.6 Å². The van der Waals surface area contributed by atoms with Gasteiger partial charge in [-0.2, -0.15) is 0 Å². The Labute approximate surface area is 144 Å². The van der Waals surface area contributed by atoms with E-state index in [1.54, 1.807) is 4.88 Å². The van der Waals surface area contributed by atoms with Crippen LogP contribution in [0.15, 0.2) is 0 Å². The first kappa shape index (κ1) is 17.0. The van der Waals surface area contributed by atoms with E-state index in [0.29, 0.717) is 5.91 Å². The number of rotatable bonds is 5. The summed E-state index contributed by atoms with van der Waals surface area (Å²) in [6, 6.07) is 0. The molecule has 0 saturated heterocycles. The van der Waals surface area contributed by atoms with Crippen LogP contribution in [0.25, 0.3) is 0 Å². The molecule has 0 aromatic carbocycles. The van der Waals surface area contributed by atoms with Crippen molar-refractivity contribution in [3.8, 4) is 0 Å². The summed E-state index contributed by atoms with van der Waals surface area (Å²) in [5.41, 5.74) is 2.85. The lowest BCUT2D eigenvalue weighted by Crippen LogP contribution is -2.40. The maximum absolute atomic E-state index is 12.8. The Morgan fingerprint density at radius 3 is 2.35 bits per heavy atom. The number of hydrogen-bond donors (Lipinski definition) is 0. The lowest BCUT2D eigenvalue weighted by atomic mass is 9.95. The molecule has 1 aliphatic heterocycles. The highest BCUT2D eigenvalue weighted by Gasteiger charge is 2.29. The van der Waals surface area contributed by atoms with Crippen molar-refractivity contribution < 1.29 is 4.79 Å². The van der Waals surface area contributed by atoms with Crippen LogP contribution < -0.4 is 4.90 Å². The summed E-state index contributed by atoms with van der Waals surface area (Å²) < 4.78 is 0. The molecule has 0 atom stereocenters. The average molecular weight is 335 g/mol. The smallest absolute Gasteiger partial charge is 0.227 e. The molecule has 0 spiro atoms. The number of hydrogen-bond acceptors (Lipinski definition) is 3. The minimum absolute atomic E-state index is 0.351. The molecule has 4 heteroatoms. The van der Waals surface area contributed by atoms with Crippen molar-refractivity contribution in [2.24, 2.45) is 0 Å². The highest BCUT2D eigenvalue weighted by molar-refractivity contribution is 7.12. The molecule has 1 aromatic heterocycles. The molecule has 0 fully saturated rings. The maximum Gasteiger partial charge on any atom is 0.227 e. The van der Waals surface area contributed by atoms with Gasteiger partial charge in [-0.1, -0.05) is 13.8 Å². The van der Waals surface area contributed by atoms with Crippen molar-refractivity contribution in [3.05, 3.63) is 15.3 Å². The van der Waals surface area contributed by atoms with Crippen LogP contribution in [0.5, 0.6) is 0 Å². The first-order valence-electron chi connectivity index (χ1n) is 9.40. The highest BCUT2D eigenvalue weighted by atomic mass is 32.1. The van der Waals surface area contributed by atoms with E-state index in [9.17, 15) is 4.79 Å². The topological polar surface area (TPSA) is 23.6 Å². The predicted octanol–water partition coefficient (Wildman–Crippen LogP) is 4.03. The van der Waals surface area contributed by atoms with Crippen molar-refractivity contribution in [2.75, 3.05) is 31.1 Å². The Kier molecular flexibility index (Phi) is 5.76. The van der Waals surface area contributed by atoms with E-state index in [-0.39, 0.29) is 0 Å². The zero-order valence-electron chi connectivity index (χ0n) is 14.7. The number of nitrogens with zero attached hydrogens (tertiary/aromatic N) is 2. The third-order valence-corrected chi connectivity index (χ3v) is 6.70. The third-order valence-electron chi connectivity index (χ3n) is 5.36. The fourth-order valence-electron chi connectivity index (χ4n) is 3.93. The molecule has 2 aliphatic rings. The van der Waals surface area contributed by atoms with Crippen LogP contribution in [0.3, 0.4) is 0 Å². The largest absolute Gasteiger partial charge is 0.310 e. The van der Waals surface area contributed by atoms with Gasteiger partial charge in [-0.05, 0) is 63.6 Å². The molecule has 2 heterocycles. The number of carbonyl (C=O) groups is 1. The van der Waals surface area contributed by atoms with Crippen LogP contribution in [0, 0.1) is 0 Å². The standard InChI is InChI=1S/C19H30N2OS/c1-3-20(4-2)13-14-21-18(22)12-8-7-11-17-19(21)15-9-5-6-10-16(15)23-17/h3-14H2,1-2H3. The second-order valence-electron chi connectivity index (χ2n) is 6.76. The molecule has 23 heavy (non-hydrogen) atoms. The maximum atomic E-state index is 12.8. The van der Waals surface area contributed by atoms with E-state index in [1.807, 2.05) is 11.3 Å². The van der Waals surface area contributed by atoms with Crippen LogP contribution in [0.4, 0.5) is 5.69 Å². The molecule has 1 amide bonds. The second-order valence-corrected chi connectivity index (χ2v) is 7.95. The van der Waals surface area contributed by atoms with Gasteiger partial charge in [-0.25, -0.2) is 0 Å². The molecular weight excluding hydrogens is 304 g/mol. The summed E-state index contributed by atoms with van der Waals surface area (Å²) in [5, 5.41) is 0. The van der Waals surface area contributed by atoms with E-state index < -0.39 is 0 Å². The quantitative estimate of drug-likeness (QED) is 0.812. The fraction of sp³-hybridized carbons (Fsp3) is 0.737. The normalized spacial score (nSPS) is 18.6. The number of amides is 1. The molecule has 0 radical (unpaired) electrons. The van der Waals surface area contributed by atoms with Crippen LogP contribution in [0.2, 0.25) is 0 Å². The number of thiophene rings is 1. The Bertz CT molecular complexity index is 548. The lowest BCUT2D eigenvalue weighted by Gasteiger charge is -2.30. The van der Waals surface area contributed by atoms with Gasteiger partial charge < -0.3 is 9.80 Å². The zero-order valence-corrected chi connectivity index (χ0v) is 15.5. The minimum atomic E-state index is 0.351. The molecule has 3 rings (SSSR count). The van der Waals surface area contributed by atoms with Gasteiger partial charge in [0.1, 0.15) is 0 Å². The van der Waals surface area contributed by atoms with Crippen molar-refractivity contribution >= 4 is 22.9 Å². The molecule has 0 saturated carbocycles. The number of fused-ring (bicyclic) bond motifs is 3. The second kappa shape index (κ2) is 7.80. The molecule has 0 unspecified atom stereocenters. The number of carbonyl (C=O) groups excluding carboxylic acids is 1. The summed E-state index contributed by atoms with van der Waals surface area (Å²) in [7, 11) is 0. The average Bonchev–Trinajstić information content (AvgIpc) is 2.92. The fourth-order valence-corrected chi connectivity index (χ4v) is 5.37. The summed E-state index contributed by atoms with van der Waals surface area (Å²) in [5.74, 6) is 0.351. The van der Waals surface area contributed by atoms with Gasteiger partial charge in [0, 0.05) is 29.3 Å². The van der Waals surface area contributed by atoms with Gasteiger partial charge in [0.15, 0.2) is 0 Å². The predicted molar refractivity (Wildman–Crippen MR) is 98.7 cm³/mol. The zero-order chi connectivity index (χ0) is 16.2. The molecule has 0 N–H and O–H groups in total. The molecule has 128 valence electrons. The molecule has 3 nitrogen and oxygen atoms in total. The van der Waals surface area contributed by atoms with Crippen molar-refractivity contribution in [2.45, 2.75) is 65.2 Å². The summed E-state index contributed by atoms with van der Waals surface area (Å²) in [6.07, 6.45) is 9.12. The first-order chi connectivity index (χ1) is 11.2. The Balaban J connectivity index is 1.90. The van der Waals surface area contributed by atoms with Gasteiger partial charge >= 0.3 is 0 Å². The molecule has 1 aliphatic carbocycles. The van der Waals surface area contributed by atoms with E-state index in [4.69, 9.17) is 0 Å². The third kappa shape index (κ3) is 3.63. The SMILES string of the molecule is CCN(CC)CCN1C(=O)CCCCc2sc3c(c21)CCCC3. The number of aryl methyl sites for hydroxylation is 2. The first-order valence-corrected chi connectivity index (χ1v) is 10.2. The summed E-state index contributed by atoms with van der Waals surface area (Å²) in [6.45, 7) is 8.38. The Morgan fingerprint density at radius 1 is 0.957 bits per heavy atom. The van der Waals surface area contributed by atoms with E-state index >= 15 is 0 Å². The molecule has 0 bridgehead atoms. The summed E-state index contributed by atoms with van der Waals surface area (Å²) >= 11 is 2.00. The van der Waals surface area contributed by atoms with Gasteiger partial charge in [-0.15, -0.1) is 11.3 Å². The van der Waals surface area contributed by atoms with Gasteiger partial charge in [-0.3, -0.25) is 4.79 Å². The number of likely N-dealkylation sites (N-methyl/N-ethyl adjacent to an activating group) is 1. The van der Waals surface area contributed by atoms with Crippen LogP contribution in [-0.4, -0.2) is 37.0 Å². The van der Waals surface area contributed by atoms with Crippen molar-refractivity contribution in [1.82, 2.24) is 4.90 Å². The van der Waals surface area contributed by atoms with Crippen LogP contribution in [-0.2, 0) is 24.1 Å². The van der Waals surface area contributed by atoms with Gasteiger partial charge in [0.05, 0.1) is 5.69 Å². The lowest BCUT2D eigenvalue weighted by molar-refractivity contribution is -0.118. The Morgan fingerprint density at radius 2 is 1.61 bits per heavy atom. The monoisotopic (exact) mass is 334 g/mol. The van der Waals surface area contributed by atoms with Crippen LogP contribution in [0.1, 0.15) is 61.3 Å². The molecule has 1 aromatic rings. The van der Waals surface area contributed by atoms with Crippen molar-refractivity contribution in [3.63, 3.8) is 0 Å². The van der Waals surface area contributed by atoms with E-state index in [1.165, 1.54) is 54.7 Å². The molecular formula is C19H30N2OS. The summed E-state index contributed by atoms with van der Waals surface area (Å²) in [4.78, 5) is 20.5. The highest BCUT2D eigenvalue weighted by Crippen LogP contribution is 2.42. The minimum Gasteiger partial charge on any atom is -0.310 e. The Hall–Kier alpha value is -0.870. The van der Waals surface area contributed by atoms with Gasteiger partial charge in [0.25, 0.3) is 0 Å². The number of anilines is 1. The van der Waals surface area contributed by atoms with Crippen molar-refractivity contribution in [1.29, 1.82) is 0 Å².